The zero-order valence-electron chi connectivity index (χ0n) is 15.1. The van der Waals surface area contributed by atoms with Gasteiger partial charge in [0.15, 0.2) is 0 Å². The van der Waals surface area contributed by atoms with E-state index in [2.05, 4.69) is 26.6 Å². The normalized spacial score (nSPS) is 11.7. The largest absolute Gasteiger partial charge is 0.493 e. The summed E-state index contributed by atoms with van der Waals surface area (Å²) >= 11 is 3.38. The number of rotatable bonds is 7. The van der Waals surface area contributed by atoms with Crippen molar-refractivity contribution in [3.8, 4) is 5.75 Å². The third-order valence-electron chi connectivity index (χ3n) is 3.76. The second-order valence-corrected chi connectivity index (χ2v) is 7.04. The van der Waals surface area contributed by atoms with Crippen molar-refractivity contribution in [3.05, 3.63) is 58.6 Å². The molecule has 26 heavy (non-hydrogen) atoms. The molecule has 2 aromatic rings. The monoisotopic (exact) mass is 418 g/mol. The van der Waals surface area contributed by atoms with Gasteiger partial charge in [-0.3, -0.25) is 9.59 Å². The van der Waals surface area contributed by atoms with Crippen LogP contribution in [0.4, 0.5) is 5.69 Å². The first-order valence-electron chi connectivity index (χ1n) is 8.51. The lowest BCUT2D eigenvalue weighted by atomic mass is 10.0. The molecule has 6 heteroatoms. The highest BCUT2D eigenvalue weighted by atomic mass is 79.9. The summed E-state index contributed by atoms with van der Waals surface area (Å²) in [5.41, 5.74) is 1.08. The van der Waals surface area contributed by atoms with Gasteiger partial charge in [-0.05, 0) is 43.2 Å². The minimum Gasteiger partial charge on any atom is -0.493 e. The van der Waals surface area contributed by atoms with Crippen LogP contribution in [0.3, 0.4) is 0 Å². The van der Waals surface area contributed by atoms with Gasteiger partial charge < -0.3 is 15.4 Å². The first-order chi connectivity index (χ1) is 12.4. The number of halogens is 1. The van der Waals surface area contributed by atoms with Crippen molar-refractivity contribution in [1.82, 2.24) is 5.32 Å². The molecular formula is C20H23BrN2O3. The lowest BCUT2D eigenvalue weighted by Gasteiger charge is -2.22. The highest BCUT2D eigenvalue weighted by molar-refractivity contribution is 9.10. The Balaban J connectivity index is 2.15. The van der Waals surface area contributed by atoms with E-state index in [1.54, 1.807) is 24.3 Å². The van der Waals surface area contributed by atoms with Crippen molar-refractivity contribution in [1.29, 1.82) is 0 Å². The van der Waals surface area contributed by atoms with Crippen LogP contribution in [0.2, 0.25) is 0 Å². The Bertz CT molecular complexity index is 777. The molecule has 0 saturated heterocycles. The summed E-state index contributed by atoms with van der Waals surface area (Å²) < 4.78 is 6.37. The van der Waals surface area contributed by atoms with Crippen LogP contribution < -0.4 is 15.4 Å². The van der Waals surface area contributed by atoms with E-state index in [0.29, 0.717) is 23.6 Å². The van der Waals surface area contributed by atoms with Crippen LogP contribution in [0.1, 0.15) is 31.1 Å². The Morgan fingerprint density at radius 1 is 1.12 bits per heavy atom. The third-order valence-corrected chi connectivity index (χ3v) is 4.25. The van der Waals surface area contributed by atoms with Crippen molar-refractivity contribution in [2.75, 3.05) is 11.9 Å². The number of anilines is 1. The number of hydrogen-bond donors (Lipinski definition) is 2. The maximum atomic E-state index is 12.7. The van der Waals surface area contributed by atoms with Gasteiger partial charge in [0.2, 0.25) is 5.91 Å². The van der Waals surface area contributed by atoms with Crippen molar-refractivity contribution in [2.45, 2.75) is 26.8 Å². The fourth-order valence-electron chi connectivity index (χ4n) is 2.48. The molecule has 0 bridgehead atoms. The number of amides is 2. The molecule has 0 spiro atoms. The number of para-hydroxylation sites is 1. The van der Waals surface area contributed by atoms with Crippen LogP contribution >= 0.6 is 15.9 Å². The molecule has 0 radical (unpaired) electrons. The molecule has 2 aromatic carbocycles. The second-order valence-electron chi connectivity index (χ2n) is 6.12. The highest BCUT2D eigenvalue weighted by Crippen LogP contribution is 2.19. The van der Waals surface area contributed by atoms with Crippen LogP contribution in [0.25, 0.3) is 0 Å². The van der Waals surface area contributed by atoms with E-state index in [9.17, 15) is 9.59 Å². The van der Waals surface area contributed by atoms with E-state index in [0.717, 1.165) is 4.47 Å². The topological polar surface area (TPSA) is 67.4 Å². The molecule has 2 rings (SSSR count). The molecule has 0 aliphatic heterocycles. The molecule has 0 saturated carbocycles. The summed E-state index contributed by atoms with van der Waals surface area (Å²) in [6.45, 7) is 6.10. The van der Waals surface area contributed by atoms with E-state index in [1.807, 2.05) is 45.0 Å². The second kappa shape index (κ2) is 9.38. The van der Waals surface area contributed by atoms with Crippen molar-refractivity contribution < 1.29 is 14.3 Å². The molecule has 1 atom stereocenters. The minimum absolute atomic E-state index is 0.0784. The fourth-order valence-corrected chi connectivity index (χ4v) is 2.88. The number of carbonyl (C=O) groups is 2. The Kier molecular flexibility index (Phi) is 7.21. The van der Waals surface area contributed by atoms with E-state index < -0.39 is 6.04 Å². The number of ether oxygens (including phenoxy) is 1. The van der Waals surface area contributed by atoms with Crippen LogP contribution in [0.5, 0.6) is 5.75 Å². The number of carbonyl (C=O) groups excluding carboxylic acids is 2. The lowest BCUT2D eigenvalue weighted by Crippen LogP contribution is -2.47. The quantitative estimate of drug-likeness (QED) is 0.706. The summed E-state index contributed by atoms with van der Waals surface area (Å²) in [6, 6.07) is 13.6. The van der Waals surface area contributed by atoms with Crippen molar-refractivity contribution >= 4 is 33.4 Å². The van der Waals surface area contributed by atoms with Crippen molar-refractivity contribution in [3.63, 3.8) is 0 Å². The van der Waals surface area contributed by atoms with Gasteiger partial charge in [-0.2, -0.15) is 0 Å². The van der Waals surface area contributed by atoms with Crippen LogP contribution in [0, 0.1) is 5.92 Å². The smallest absolute Gasteiger partial charge is 0.255 e. The summed E-state index contributed by atoms with van der Waals surface area (Å²) in [4.78, 5) is 25.4. The third kappa shape index (κ3) is 5.33. The number of benzene rings is 2. The maximum Gasteiger partial charge on any atom is 0.255 e. The van der Waals surface area contributed by atoms with E-state index in [-0.39, 0.29) is 17.7 Å². The first-order valence-corrected chi connectivity index (χ1v) is 9.30. The fraction of sp³-hybridized carbons (Fsp3) is 0.300. The summed E-state index contributed by atoms with van der Waals surface area (Å²) in [5, 5.41) is 5.67. The Morgan fingerprint density at radius 3 is 2.50 bits per heavy atom. The average Bonchev–Trinajstić information content (AvgIpc) is 2.60. The Hall–Kier alpha value is -2.34. The van der Waals surface area contributed by atoms with Gasteiger partial charge >= 0.3 is 0 Å². The zero-order valence-corrected chi connectivity index (χ0v) is 16.7. The van der Waals surface area contributed by atoms with Gasteiger partial charge in [-0.25, -0.2) is 0 Å². The molecule has 0 heterocycles. The average molecular weight is 419 g/mol. The predicted octanol–water partition coefficient (Wildman–Crippen LogP) is 4.24. The van der Waals surface area contributed by atoms with Gasteiger partial charge in [0.1, 0.15) is 11.8 Å². The predicted molar refractivity (Wildman–Crippen MR) is 106 cm³/mol. The van der Waals surface area contributed by atoms with Gasteiger partial charge in [0, 0.05) is 10.2 Å². The SMILES string of the molecule is CCOc1ccccc1C(=O)NC(C(=O)Nc1cccc(Br)c1)C(C)C. The summed E-state index contributed by atoms with van der Waals surface area (Å²) in [6.07, 6.45) is 0. The van der Waals surface area contributed by atoms with E-state index in [4.69, 9.17) is 4.74 Å². The van der Waals surface area contributed by atoms with Crippen LogP contribution in [0.15, 0.2) is 53.0 Å². The standard InChI is InChI=1S/C20H23BrN2O3/c1-4-26-17-11-6-5-10-16(17)19(24)23-18(13(2)3)20(25)22-15-9-7-8-14(21)12-15/h5-13,18H,4H2,1-3H3,(H,22,25)(H,23,24). The van der Waals surface area contributed by atoms with Crippen LogP contribution in [-0.2, 0) is 4.79 Å². The summed E-state index contributed by atoms with van der Waals surface area (Å²) in [5.74, 6) is -0.176. The van der Waals surface area contributed by atoms with E-state index in [1.165, 1.54) is 0 Å². The van der Waals surface area contributed by atoms with Gasteiger partial charge in [-0.15, -0.1) is 0 Å². The van der Waals surface area contributed by atoms with Gasteiger partial charge in [-0.1, -0.05) is 48.0 Å². The number of hydrogen-bond acceptors (Lipinski definition) is 3. The maximum absolute atomic E-state index is 12.7. The van der Waals surface area contributed by atoms with Crippen LogP contribution in [-0.4, -0.2) is 24.5 Å². The number of nitrogens with one attached hydrogen (secondary N) is 2. The minimum atomic E-state index is -0.670. The molecule has 1 unspecified atom stereocenters. The molecular weight excluding hydrogens is 396 g/mol. The van der Waals surface area contributed by atoms with Gasteiger partial charge in [0.25, 0.3) is 5.91 Å². The van der Waals surface area contributed by atoms with Crippen molar-refractivity contribution in [2.24, 2.45) is 5.92 Å². The Labute approximate surface area is 162 Å². The molecule has 0 aromatic heterocycles. The molecule has 0 aliphatic carbocycles. The lowest BCUT2D eigenvalue weighted by molar-refractivity contribution is -0.118. The molecule has 0 fully saturated rings. The summed E-state index contributed by atoms with van der Waals surface area (Å²) in [7, 11) is 0. The Morgan fingerprint density at radius 2 is 1.85 bits per heavy atom. The highest BCUT2D eigenvalue weighted by Gasteiger charge is 2.26. The molecule has 2 amide bonds. The zero-order chi connectivity index (χ0) is 19.1. The molecule has 5 nitrogen and oxygen atoms in total. The van der Waals surface area contributed by atoms with Gasteiger partial charge in [0.05, 0.1) is 12.2 Å². The van der Waals surface area contributed by atoms with E-state index >= 15 is 0 Å². The molecule has 138 valence electrons. The molecule has 2 N–H and O–H groups in total. The molecule has 0 aliphatic rings. The first kappa shape index (κ1) is 20.0.